The number of hydrogen-bond acceptors (Lipinski definition) is 5. The van der Waals surface area contributed by atoms with E-state index in [4.69, 9.17) is 5.73 Å². The number of anilines is 4. The van der Waals surface area contributed by atoms with Crippen LogP contribution >= 0.6 is 0 Å². The van der Waals surface area contributed by atoms with Crippen molar-refractivity contribution in [2.75, 3.05) is 23.4 Å². The summed E-state index contributed by atoms with van der Waals surface area (Å²) in [4.78, 5) is 7.76. The van der Waals surface area contributed by atoms with Gasteiger partial charge in [0.2, 0.25) is 5.95 Å². The molecule has 1 aromatic heterocycles. The summed E-state index contributed by atoms with van der Waals surface area (Å²) < 4.78 is 26.5. The van der Waals surface area contributed by atoms with Crippen LogP contribution in [0, 0.1) is 11.6 Å². The average molecular weight is 251 g/mol. The molecule has 0 atom stereocenters. The maximum Gasteiger partial charge on any atom is 0.223 e. The van der Waals surface area contributed by atoms with Crippen LogP contribution in [0.5, 0.6) is 0 Å². The van der Waals surface area contributed by atoms with Crippen molar-refractivity contribution < 1.29 is 8.78 Å². The molecule has 0 saturated heterocycles. The van der Waals surface area contributed by atoms with Crippen molar-refractivity contribution in [1.29, 1.82) is 0 Å². The number of hydrogen-bond donors (Lipinski definition) is 3. The van der Waals surface area contributed by atoms with Gasteiger partial charge in [0, 0.05) is 13.1 Å². The lowest BCUT2D eigenvalue weighted by Gasteiger charge is -2.09. The summed E-state index contributed by atoms with van der Waals surface area (Å²) in [5.74, 6) is -1.13. The number of benzene rings is 1. The van der Waals surface area contributed by atoms with Crippen molar-refractivity contribution in [3.05, 3.63) is 35.9 Å². The van der Waals surface area contributed by atoms with Crippen molar-refractivity contribution in [2.45, 2.75) is 0 Å². The first-order chi connectivity index (χ1) is 8.60. The molecular weight excluding hydrogens is 240 g/mol. The highest BCUT2D eigenvalue weighted by molar-refractivity contribution is 5.61. The molecule has 4 N–H and O–H groups in total. The summed E-state index contributed by atoms with van der Waals surface area (Å²) in [7, 11) is 1.66. The van der Waals surface area contributed by atoms with Gasteiger partial charge >= 0.3 is 0 Å². The monoisotopic (exact) mass is 251 g/mol. The molecule has 0 aliphatic rings. The van der Waals surface area contributed by atoms with Crippen LogP contribution in [0.2, 0.25) is 0 Å². The van der Waals surface area contributed by atoms with Gasteiger partial charge in [-0.2, -0.15) is 9.97 Å². The molecule has 18 heavy (non-hydrogen) atoms. The Bertz CT molecular complexity index is 573. The topological polar surface area (TPSA) is 75.9 Å². The minimum absolute atomic E-state index is 0.0184. The molecule has 5 nitrogen and oxygen atoms in total. The lowest BCUT2D eigenvalue weighted by Crippen LogP contribution is -2.04. The van der Waals surface area contributed by atoms with Gasteiger partial charge < -0.3 is 16.4 Å². The molecule has 2 rings (SSSR count). The molecule has 0 spiro atoms. The zero-order valence-corrected chi connectivity index (χ0v) is 9.54. The van der Waals surface area contributed by atoms with Gasteiger partial charge in [0.25, 0.3) is 0 Å². The van der Waals surface area contributed by atoms with Crippen LogP contribution in [-0.4, -0.2) is 17.0 Å². The first kappa shape index (κ1) is 12.0. The summed E-state index contributed by atoms with van der Waals surface area (Å²) in [6, 6.07) is 5.36. The first-order valence-corrected chi connectivity index (χ1v) is 5.13. The van der Waals surface area contributed by atoms with Crippen molar-refractivity contribution >= 4 is 23.3 Å². The Kier molecular flexibility index (Phi) is 3.22. The van der Waals surface area contributed by atoms with E-state index in [-0.39, 0.29) is 17.5 Å². The highest BCUT2D eigenvalue weighted by Crippen LogP contribution is 2.22. The maximum absolute atomic E-state index is 13.4. The third-order valence-electron chi connectivity index (χ3n) is 2.21. The van der Waals surface area contributed by atoms with Crippen molar-refractivity contribution in [3.63, 3.8) is 0 Å². The fraction of sp³-hybridized carbons (Fsp3) is 0.0909. The molecule has 1 aromatic carbocycles. The van der Waals surface area contributed by atoms with E-state index in [0.29, 0.717) is 5.82 Å². The number of rotatable bonds is 3. The molecule has 2 aromatic rings. The Morgan fingerprint density at radius 1 is 1.17 bits per heavy atom. The van der Waals surface area contributed by atoms with Crippen LogP contribution < -0.4 is 16.4 Å². The summed E-state index contributed by atoms with van der Waals surface area (Å²) in [6.45, 7) is 0. The molecule has 0 radical (unpaired) electrons. The number of nitrogen functional groups attached to an aromatic ring is 1. The van der Waals surface area contributed by atoms with Gasteiger partial charge in [-0.1, -0.05) is 6.07 Å². The molecular formula is C11H11F2N5. The normalized spacial score (nSPS) is 10.2. The summed E-state index contributed by atoms with van der Waals surface area (Å²) in [5, 5.41) is 5.42. The highest BCUT2D eigenvalue weighted by Gasteiger charge is 2.09. The molecule has 0 aliphatic heterocycles. The lowest BCUT2D eigenvalue weighted by atomic mass is 10.3. The second-order valence-corrected chi connectivity index (χ2v) is 3.47. The molecule has 0 unspecified atom stereocenters. The quantitative estimate of drug-likeness (QED) is 0.779. The van der Waals surface area contributed by atoms with E-state index in [1.807, 2.05) is 0 Å². The Morgan fingerprint density at radius 2 is 1.89 bits per heavy atom. The van der Waals surface area contributed by atoms with E-state index in [9.17, 15) is 8.78 Å². The first-order valence-electron chi connectivity index (χ1n) is 5.13. The van der Waals surface area contributed by atoms with E-state index in [2.05, 4.69) is 20.6 Å². The van der Waals surface area contributed by atoms with Gasteiger partial charge in [0.15, 0.2) is 11.6 Å². The minimum atomic E-state index is -0.972. The number of aromatic nitrogens is 2. The van der Waals surface area contributed by atoms with Gasteiger partial charge in [-0.25, -0.2) is 8.78 Å². The Balaban J connectivity index is 2.34. The van der Waals surface area contributed by atoms with Crippen LogP contribution in [-0.2, 0) is 0 Å². The van der Waals surface area contributed by atoms with E-state index < -0.39 is 11.6 Å². The van der Waals surface area contributed by atoms with E-state index in [1.54, 1.807) is 7.05 Å². The van der Waals surface area contributed by atoms with Crippen LogP contribution in [0.3, 0.4) is 0 Å². The summed E-state index contributed by atoms with van der Waals surface area (Å²) in [5.41, 5.74) is 5.47. The van der Waals surface area contributed by atoms with Crippen LogP contribution in [0.1, 0.15) is 0 Å². The molecule has 7 heteroatoms. The van der Waals surface area contributed by atoms with Gasteiger partial charge in [0.05, 0.1) is 5.69 Å². The fourth-order valence-corrected chi connectivity index (χ4v) is 1.40. The highest BCUT2D eigenvalue weighted by atomic mass is 19.2. The standard InChI is InChI=1S/C11H11F2N5/c1-15-8-5-9(18-11(14)17-8)16-7-4-2-3-6(12)10(7)13/h2-5H,1H3,(H4,14,15,16,17,18). The Labute approximate surface area is 102 Å². The number of nitrogens with one attached hydrogen (secondary N) is 2. The lowest BCUT2D eigenvalue weighted by molar-refractivity contribution is 0.511. The molecule has 94 valence electrons. The van der Waals surface area contributed by atoms with Gasteiger partial charge in [-0.3, -0.25) is 0 Å². The fourth-order valence-electron chi connectivity index (χ4n) is 1.40. The number of nitrogens with zero attached hydrogens (tertiary/aromatic N) is 2. The zero-order chi connectivity index (χ0) is 13.1. The molecule has 0 aliphatic carbocycles. The molecule has 0 saturated carbocycles. The maximum atomic E-state index is 13.4. The molecule has 0 bridgehead atoms. The Morgan fingerprint density at radius 3 is 2.61 bits per heavy atom. The third kappa shape index (κ3) is 2.45. The largest absolute Gasteiger partial charge is 0.373 e. The third-order valence-corrected chi connectivity index (χ3v) is 2.21. The van der Waals surface area contributed by atoms with E-state index in [1.165, 1.54) is 18.2 Å². The van der Waals surface area contributed by atoms with Gasteiger partial charge in [-0.15, -0.1) is 0 Å². The van der Waals surface area contributed by atoms with Crippen LogP contribution in [0.4, 0.5) is 32.1 Å². The average Bonchev–Trinajstić information content (AvgIpc) is 2.34. The van der Waals surface area contributed by atoms with Gasteiger partial charge in [-0.05, 0) is 12.1 Å². The number of nitrogens with two attached hydrogens (primary N) is 1. The van der Waals surface area contributed by atoms with Crippen molar-refractivity contribution in [3.8, 4) is 0 Å². The van der Waals surface area contributed by atoms with Crippen molar-refractivity contribution in [2.24, 2.45) is 0 Å². The summed E-state index contributed by atoms with van der Waals surface area (Å²) in [6.07, 6.45) is 0. The molecule has 1 heterocycles. The van der Waals surface area contributed by atoms with Crippen LogP contribution in [0.25, 0.3) is 0 Å². The SMILES string of the molecule is CNc1cc(Nc2cccc(F)c2F)nc(N)n1. The second-order valence-electron chi connectivity index (χ2n) is 3.47. The van der Waals surface area contributed by atoms with E-state index >= 15 is 0 Å². The second kappa shape index (κ2) is 4.82. The van der Waals surface area contributed by atoms with E-state index in [0.717, 1.165) is 6.07 Å². The predicted octanol–water partition coefficient (Wildman–Crippen LogP) is 2.12. The van der Waals surface area contributed by atoms with Gasteiger partial charge in [0.1, 0.15) is 11.6 Å². The predicted molar refractivity (Wildman–Crippen MR) is 65.6 cm³/mol. The minimum Gasteiger partial charge on any atom is -0.373 e. The smallest absolute Gasteiger partial charge is 0.223 e. The summed E-state index contributed by atoms with van der Waals surface area (Å²) >= 11 is 0. The molecule has 0 amide bonds. The van der Waals surface area contributed by atoms with Crippen molar-refractivity contribution in [1.82, 2.24) is 9.97 Å². The van der Waals surface area contributed by atoms with Crippen LogP contribution in [0.15, 0.2) is 24.3 Å². The zero-order valence-electron chi connectivity index (χ0n) is 9.54. The molecule has 0 fully saturated rings. The number of halogens is 2. The Hall–Kier alpha value is -2.44.